The Bertz CT molecular complexity index is 410. The van der Waals surface area contributed by atoms with Crippen molar-refractivity contribution in [2.75, 3.05) is 13.2 Å². The molecular weight excluding hydrogens is 260 g/mol. The summed E-state index contributed by atoms with van der Waals surface area (Å²) in [6.45, 7) is 3.36. The van der Waals surface area contributed by atoms with Crippen molar-refractivity contribution in [1.29, 1.82) is 0 Å². The highest BCUT2D eigenvalue weighted by atomic mass is 79.9. The zero-order chi connectivity index (χ0) is 10.6. The Morgan fingerprint density at radius 2 is 2.13 bits per heavy atom. The van der Waals surface area contributed by atoms with Gasteiger partial charge in [-0.3, -0.25) is 4.68 Å². The predicted molar refractivity (Wildman–Crippen MR) is 57.8 cm³/mol. The van der Waals surface area contributed by atoms with Gasteiger partial charge in [0.05, 0.1) is 35.0 Å². The molecule has 82 valence electrons. The molecular formula is C10H13BrN2O2. The lowest BCUT2D eigenvalue weighted by Crippen LogP contribution is -2.24. The van der Waals surface area contributed by atoms with E-state index in [1.165, 1.54) is 5.69 Å². The number of aryl methyl sites for hydroxylation is 2. The van der Waals surface area contributed by atoms with E-state index in [0.29, 0.717) is 13.2 Å². The first kappa shape index (κ1) is 9.81. The number of rotatable bonds is 0. The van der Waals surface area contributed by atoms with Crippen molar-refractivity contribution < 1.29 is 9.47 Å². The Balaban J connectivity index is 2.20. The van der Waals surface area contributed by atoms with E-state index < -0.39 is 5.79 Å². The normalized spacial score (nSPS) is 27.5. The van der Waals surface area contributed by atoms with Crippen LogP contribution in [0.5, 0.6) is 0 Å². The van der Waals surface area contributed by atoms with Gasteiger partial charge in [-0.25, -0.2) is 0 Å². The molecule has 5 heteroatoms. The minimum atomic E-state index is -0.526. The van der Waals surface area contributed by atoms with Gasteiger partial charge in [-0.05, 0) is 6.92 Å². The Kier molecular flexibility index (Phi) is 2.00. The molecule has 1 aliphatic heterocycles. The lowest BCUT2D eigenvalue weighted by Gasteiger charge is -2.22. The predicted octanol–water partition coefficient (Wildman–Crippen LogP) is 1.77. The van der Waals surface area contributed by atoms with Gasteiger partial charge in [-0.15, -0.1) is 0 Å². The van der Waals surface area contributed by atoms with E-state index in [9.17, 15) is 0 Å². The highest BCUT2D eigenvalue weighted by Crippen LogP contribution is 2.52. The maximum absolute atomic E-state index is 5.79. The molecule has 0 radical (unpaired) electrons. The third-order valence-electron chi connectivity index (χ3n) is 3.15. The van der Waals surface area contributed by atoms with Crippen molar-refractivity contribution >= 4 is 15.9 Å². The first-order chi connectivity index (χ1) is 7.14. The molecule has 0 N–H and O–H groups in total. The maximum atomic E-state index is 5.79. The molecule has 4 nitrogen and oxygen atoms in total. The van der Waals surface area contributed by atoms with Gasteiger partial charge in [0.2, 0.25) is 0 Å². The molecule has 1 aromatic heterocycles. The number of ether oxygens (including phenoxy) is 2. The van der Waals surface area contributed by atoms with Crippen LogP contribution in [0.3, 0.4) is 0 Å². The molecule has 1 atom stereocenters. The number of aromatic nitrogens is 2. The summed E-state index contributed by atoms with van der Waals surface area (Å²) in [7, 11) is 1.97. The van der Waals surface area contributed by atoms with Crippen LogP contribution in [0.1, 0.15) is 28.2 Å². The van der Waals surface area contributed by atoms with Gasteiger partial charge in [-0.2, -0.15) is 5.10 Å². The third kappa shape index (κ3) is 1.17. The fourth-order valence-electron chi connectivity index (χ4n) is 2.66. The number of halogens is 1. The summed E-state index contributed by atoms with van der Waals surface area (Å²) < 4.78 is 13.5. The summed E-state index contributed by atoms with van der Waals surface area (Å²) in [5, 5.41) is 4.43. The summed E-state index contributed by atoms with van der Waals surface area (Å²) in [6, 6.07) is 0. The second kappa shape index (κ2) is 3.06. The minimum Gasteiger partial charge on any atom is -0.343 e. The third-order valence-corrected chi connectivity index (χ3v) is 3.90. The van der Waals surface area contributed by atoms with Crippen LogP contribution in [0.2, 0.25) is 0 Å². The van der Waals surface area contributed by atoms with E-state index in [-0.39, 0.29) is 4.83 Å². The van der Waals surface area contributed by atoms with E-state index in [4.69, 9.17) is 9.47 Å². The van der Waals surface area contributed by atoms with Crippen molar-refractivity contribution in [3.8, 4) is 0 Å². The van der Waals surface area contributed by atoms with E-state index in [0.717, 1.165) is 17.7 Å². The van der Waals surface area contributed by atoms with Crippen LogP contribution in [-0.4, -0.2) is 23.0 Å². The summed E-state index contributed by atoms with van der Waals surface area (Å²) in [5.74, 6) is -0.526. The summed E-state index contributed by atoms with van der Waals surface area (Å²) in [6.07, 6.45) is 0.842. The van der Waals surface area contributed by atoms with Crippen LogP contribution < -0.4 is 0 Å². The molecule has 1 unspecified atom stereocenters. The largest absolute Gasteiger partial charge is 0.343 e. The van der Waals surface area contributed by atoms with Crippen LogP contribution in [0.25, 0.3) is 0 Å². The fourth-order valence-corrected chi connectivity index (χ4v) is 3.61. The molecule has 0 amide bonds. The SMILES string of the molecule is Cc1nn(C)c2c1C1(CC2Br)OCCO1. The Labute approximate surface area is 96.7 Å². The Hall–Kier alpha value is -0.390. The van der Waals surface area contributed by atoms with Crippen LogP contribution in [0.4, 0.5) is 0 Å². The van der Waals surface area contributed by atoms with E-state index in [1.807, 2.05) is 18.7 Å². The van der Waals surface area contributed by atoms with E-state index in [1.54, 1.807) is 0 Å². The molecule has 0 aromatic carbocycles. The smallest absolute Gasteiger partial charge is 0.200 e. The van der Waals surface area contributed by atoms with Gasteiger partial charge in [0.1, 0.15) is 0 Å². The Morgan fingerprint density at radius 3 is 2.80 bits per heavy atom. The lowest BCUT2D eigenvalue weighted by atomic mass is 10.1. The van der Waals surface area contributed by atoms with Crippen LogP contribution in [0.15, 0.2) is 0 Å². The van der Waals surface area contributed by atoms with E-state index in [2.05, 4.69) is 21.0 Å². The molecule has 1 fully saturated rings. The number of hydrogen-bond donors (Lipinski definition) is 0. The van der Waals surface area contributed by atoms with Crippen molar-refractivity contribution in [3.05, 3.63) is 17.0 Å². The molecule has 0 bridgehead atoms. The second-order valence-corrected chi connectivity index (χ2v) is 5.20. The highest BCUT2D eigenvalue weighted by molar-refractivity contribution is 9.09. The quantitative estimate of drug-likeness (QED) is 0.676. The van der Waals surface area contributed by atoms with Crippen LogP contribution in [-0.2, 0) is 22.3 Å². The molecule has 1 aliphatic carbocycles. The van der Waals surface area contributed by atoms with Crippen molar-refractivity contribution in [3.63, 3.8) is 0 Å². The van der Waals surface area contributed by atoms with Crippen LogP contribution >= 0.6 is 15.9 Å². The first-order valence-electron chi connectivity index (χ1n) is 5.10. The van der Waals surface area contributed by atoms with Gasteiger partial charge >= 0.3 is 0 Å². The van der Waals surface area contributed by atoms with Crippen LogP contribution in [0, 0.1) is 6.92 Å². The van der Waals surface area contributed by atoms with Gasteiger partial charge in [0, 0.05) is 13.5 Å². The number of fused-ring (bicyclic) bond motifs is 2. The van der Waals surface area contributed by atoms with Crippen molar-refractivity contribution in [2.24, 2.45) is 7.05 Å². The molecule has 2 heterocycles. The number of hydrogen-bond acceptors (Lipinski definition) is 3. The minimum absolute atomic E-state index is 0.275. The Morgan fingerprint density at radius 1 is 1.47 bits per heavy atom. The molecule has 1 spiro atoms. The number of nitrogens with zero attached hydrogens (tertiary/aromatic N) is 2. The van der Waals surface area contributed by atoms with Gasteiger partial charge in [-0.1, -0.05) is 15.9 Å². The van der Waals surface area contributed by atoms with Gasteiger partial charge in [0.25, 0.3) is 0 Å². The van der Waals surface area contributed by atoms with Gasteiger partial charge in [0.15, 0.2) is 5.79 Å². The van der Waals surface area contributed by atoms with E-state index >= 15 is 0 Å². The topological polar surface area (TPSA) is 36.3 Å². The molecule has 1 saturated heterocycles. The van der Waals surface area contributed by atoms with Crippen molar-refractivity contribution in [2.45, 2.75) is 24.0 Å². The first-order valence-corrected chi connectivity index (χ1v) is 6.01. The second-order valence-electron chi connectivity index (χ2n) is 4.09. The molecule has 3 rings (SSSR count). The fraction of sp³-hybridized carbons (Fsp3) is 0.700. The van der Waals surface area contributed by atoms with Gasteiger partial charge < -0.3 is 9.47 Å². The van der Waals surface area contributed by atoms with Crippen molar-refractivity contribution in [1.82, 2.24) is 9.78 Å². The summed E-state index contributed by atoms with van der Waals surface area (Å²) >= 11 is 3.67. The zero-order valence-electron chi connectivity index (χ0n) is 8.79. The highest BCUT2D eigenvalue weighted by Gasteiger charge is 2.51. The summed E-state index contributed by atoms with van der Waals surface area (Å²) in [4.78, 5) is 0.275. The average Bonchev–Trinajstić information content (AvgIpc) is 2.78. The molecule has 2 aliphatic rings. The average molecular weight is 273 g/mol. The maximum Gasteiger partial charge on any atom is 0.200 e. The monoisotopic (exact) mass is 272 g/mol. The zero-order valence-corrected chi connectivity index (χ0v) is 10.4. The standard InChI is InChI=1S/C10H13BrN2O2/c1-6-8-9(13(2)12-6)7(11)5-10(8)14-3-4-15-10/h7H,3-5H2,1-2H3. The molecule has 1 aromatic rings. The number of alkyl halides is 1. The molecule has 15 heavy (non-hydrogen) atoms. The lowest BCUT2D eigenvalue weighted by molar-refractivity contribution is -0.163. The molecule has 0 saturated carbocycles. The summed E-state index contributed by atoms with van der Waals surface area (Å²) in [5.41, 5.74) is 3.33.